The highest BCUT2D eigenvalue weighted by atomic mass is 19.4. The van der Waals surface area contributed by atoms with Gasteiger partial charge in [-0.25, -0.2) is 0 Å². The molecule has 0 saturated carbocycles. The van der Waals surface area contributed by atoms with E-state index in [1.165, 1.54) is 24.3 Å². The fourth-order valence-corrected chi connectivity index (χ4v) is 2.02. The summed E-state index contributed by atoms with van der Waals surface area (Å²) in [6, 6.07) is 7.08. The first kappa shape index (κ1) is 17.8. The lowest BCUT2D eigenvalue weighted by atomic mass is 10.2. The molecule has 1 N–H and O–H groups in total. The Hall–Kier alpha value is -2.55. The normalized spacial score (nSPS) is 11.6. The van der Waals surface area contributed by atoms with Crippen LogP contribution in [0.15, 0.2) is 34.9 Å². The van der Waals surface area contributed by atoms with E-state index >= 15 is 0 Å². The fourth-order valence-electron chi connectivity index (χ4n) is 2.02. The lowest BCUT2D eigenvalue weighted by Gasteiger charge is -2.16. The van der Waals surface area contributed by atoms with E-state index in [9.17, 15) is 18.0 Å². The van der Waals surface area contributed by atoms with Crippen molar-refractivity contribution < 1.29 is 27.2 Å². The van der Waals surface area contributed by atoms with Gasteiger partial charge >= 0.3 is 6.36 Å². The largest absolute Gasteiger partial charge is 0.573 e. The quantitative estimate of drug-likeness (QED) is 0.873. The van der Waals surface area contributed by atoms with E-state index in [0.717, 1.165) is 5.56 Å². The predicted molar refractivity (Wildman–Crippen MR) is 79.3 cm³/mol. The lowest BCUT2D eigenvalue weighted by Crippen LogP contribution is -2.29. The summed E-state index contributed by atoms with van der Waals surface area (Å²) in [4.78, 5) is 13.6. The van der Waals surface area contributed by atoms with Crippen LogP contribution in [0.1, 0.15) is 11.3 Å². The highest BCUT2D eigenvalue weighted by Crippen LogP contribution is 2.23. The van der Waals surface area contributed by atoms with Crippen molar-refractivity contribution in [3.63, 3.8) is 0 Å². The number of hydrogen-bond donors (Lipinski definition) is 1. The SMILES string of the molecule is Cc1cc(NC(=O)CN(C)Cc2ccc(OC(F)(F)F)cc2)no1. The van der Waals surface area contributed by atoms with E-state index in [0.29, 0.717) is 18.1 Å². The Morgan fingerprint density at radius 2 is 2.00 bits per heavy atom. The molecule has 0 bridgehead atoms. The zero-order valence-corrected chi connectivity index (χ0v) is 13.1. The molecule has 130 valence electrons. The van der Waals surface area contributed by atoms with Crippen LogP contribution in [0.3, 0.4) is 0 Å². The maximum Gasteiger partial charge on any atom is 0.573 e. The number of benzene rings is 1. The monoisotopic (exact) mass is 343 g/mol. The molecule has 9 heteroatoms. The van der Waals surface area contributed by atoms with Crippen LogP contribution in [0, 0.1) is 6.92 Å². The molecule has 0 radical (unpaired) electrons. The molecule has 0 saturated heterocycles. The van der Waals surface area contributed by atoms with Gasteiger partial charge in [-0.05, 0) is 31.7 Å². The number of carbonyl (C=O) groups excluding carboxylic acids is 1. The Kier molecular flexibility index (Phi) is 5.45. The van der Waals surface area contributed by atoms with E-state index in [2.05, 4.69) is 15.2 Å². The summed E-state index contributed by atoms with van der Waals surface area (Å²) in [7, 11) is 1.72. The number of aromatic nitrogens is 1. The van der Waals surface area contributed by atoms with Gasteiger partial charge in [-0.15, -0.1) is 13.2 Å². The van der Waals surface area contributed by atoms with Gasteiger partial charge in [0.1, 0.15) is 11.5 Å². The van der Waals surface area contributed by atoms with Crippen LogP contribution in [0.4, 0.5) is 19.0 Å². The number of anilines is 1. The van der Waals surface area contributed by atoms with Crippen molar-refractivity contribution in [2.24, 2.45) is 0 Å². The maximum atomic E-state index is 12.1. The number of likely N-dealkylation sites (N-methyl/N-ethyl adjacent to an activating group) is 1. The molecule has 0 aliphatic rings. The van der Waals surface area contributed by atoms with Gasteiger partial charge in [0, 0.05) is 12.6 Å². The van der Waals surface area contributed by atoms with E-state index < -0.39 is 6.36 Å². The molecule has 0 spiro atoms. The van der Waals surface area contributed by atoms with Crippen LogP contribution in [0.2, 0.25) is 0 Å². The summed E-state index contributed by atoms with van der Waals surface area (Å²) in [5.74, 6) is 0.357. The third-order valence-corrected chi connectivity index (χ3v) is 2.92. The Bertz CT molecular complexity index is 683. The standard InChI is InChI=1S/C15H16F3N3O3/c1-10-7-13(20-24-10)19-14(22)9-21(2)8-11-3-5-12(6-4-11)23-15(16,17)18/h3-7H,8-9H2,1-2H3,(H,19,20,22). The summed E-state index contributed by atoms with van der Waals surface area (Å²) in [5.41, 5.74) is 0.747. The number of rotatable bonds is 6. The zero-order chi connectivity index (χ0) is 17.7. The fraction of sp³-hybridized carbons (Fsp3) is 0.333. The van der Waals surface area contributed by atoms with Crippen LogP contribution in [-0.4, -0.2) is 35.9 Å². The van der Waals surface area contributed by atoms with Crippen molar-refractivity contribution in [2.75, 3.05) is 18.9 Å². The summed E-state index contributed by atoms with van der Waals surface area (Å²) in [6.07, 6.45) is -4.71. The van der Waals surface area contributed by atoms with Crippen LogP contribution in [-0.2, 0) is 11.3 Å². The summed E-state index contributed by atoms with van der Waals surface area (Å²) in [5, 5.41) is 6.24. The maximum absolute atomic E-state index is 12.1. The molecule has 6 nitrogen and oxygen atoms in total. The molecule has 1 aromatic carbocycles. The number of amides is 1. The molecule has 0 unspecified atom stereocenters. The summed E-state index contributed by atoms with van der Waals surface area (Å²) in [6.45, 7) is 2.19. The molecular formula is C15H16F3N3O3. The van der Waals surface area contributed by atoms with Crippen molar-refractivity contribution in [3.8, 4) is 5.75 Å². The third-order valence-electron chi connectivity index (χ3n) is 2.92. The minimum absolute atomic E-state index is 0.0900. The van der Waals surface area contributed by atoms with Crippen LogP contribution in [0.5, 0.6) is 5.75 Å². The Morgan fingerprint density at radius 1 is 1.33 bits per heavy atom. The predicted octanol–water partition coefficient (Wildman–Crippen LogP) is 2.95. The summed E-state index contributed by atoms with van der Waals surface area (Å²) < 4.78 is 44.9. The Balaban J connectivity index is 1.83. The Labute approximate surface area is 136 Å². The highest BCUT2D eigenvalue weighted by molar-refractivity contribution is 5.91. The van der Waals surface area contributed by atoms with Crippen molar-refractivity contribution in [2.45, 2.75) is 19.8 Å². The van der Waals surface area contributed by atoms with Crippen LogP contribution >= 0.6 is 0 Å². The first-order chi connectivity index (χ1) is 11.2. The number of hydrogen-bond acceptors (Lipinski definition) is 5. The first-order valence-electron chi connectivity index (χ1n) is 6.98. The number of alkyl halides is 3. The van der Waals surface area contributed by atoms with E-state index in [1.54, 1.807) is 24.9 Å². The first-order valence-corrected chi connectivity index (χ1v) is 6.98. The molecular weight excluding hydrogens is 327 g/mol. The molecule has 0 aliphatic carbocycles. The second kappa shape index (κ2) is 7.35. The molecule has 0 aliphatic heterocycles. The average Bonchev–Trinajstić information content (AvgIpc) is 2.84. The topological polar surface area (TPSA) is 67.6 Å². The highest BCUT2D eigenvalue weighted by Gasteiger charge is 2.30. The smallest absolute Gasteiger partial charge is 0.406 e. The minimum atomic E-state index is -4.71. The van der Waals surface area contributed by atoms with Crippen LogP contribution in [0.25, 0.3) is 0 Å². The number of nitrogens with zero attached hydrogens (tertiary/aromatic N) is 2. The average molecular weight is 343 g/mol. The minimum Gasteiger partial charge on any atom is -0.406 e. The molecule has 1 amide bonds. The van der Waals surface area contributed by atoms with Gasteiger partial charge < -0.3 is 14.6 Å². The van der Waals surface area contributed by atoms with Crippen molar-refractivity contribution >= 4 is 11.7 Å². The second-order valence-electron chi connectivity index (χ2n) is 5.24. The number of nitrogens with one attached hydrogen (secondary N) is 1. The number of halogens is 3. The van der Waals surface area contributed by atoms with Gasteiger partial charge in [0.2, 0.25) is 5.91 Å². The lowest BCUT2D eigenvalue weighted by molar-refractivity contribution is -0.274. The van der Waals surface area contributed by atoms with Gasteiger partial charge in [-0.3, -0.25) is 9.69 Å². The van der Waals surface area contributed by atoms with Gasteiger partial charge in [0.15, 0.2) is 5.82 Å². The molecule has 0 atom stereocenters. The van der Waals surface area contributed by atoms with Crippen LogP contribution < -0.4 is 10.1 Å². The molecule has 24 heavy (non-hydrogen) atoms. The number of ether oxygens (including phenoxy) is 1. The second-order valence-corrected chi connectivity index (χ2v) is 5.24. The number of carbonyl (C=O) groups is 1. The van der Waals surface area contributed by atoms with Gasteiger partial charge in [-0.2, -0.15) is 0 Å². The molecule has 1 aromatic heterocycles. The van der Waals surface area contributed by atoms with E-state index in [4.69, 9.17) is 4.52 Å². The van der Waals surface area contributed by atoms with Gasteiger partial charge in [0.25, 0.3) is 0 Å². The van der Waals surface area contributed by atoms with E-state index in [1.807, 2.05) is 0 Å². The third kappa shape index (κ3) is 5.92. The number of aryl methyl sites for hydroxylation is 1. The van der Waals surface area contributed by atoms with Crippen molar-refractivity contribution in [1.29, 1.82) is 0 Å². The Morgan fingerprint density at radius 3 is 2.54 bits per heavy atom. The molecule has 2 rings (SSSR count). The van der Waals surface area contributed by atoms with E-state index in [-0.39, 0.29) is 18.2 Å². The molecule has 0 fully saturated rings. The van der Waals surface area contributed by atoms with Gasteiger partial charge in [0.05, 0.1) is 6.54 Å². The zero-order valence-electron chi connectivity index (χ0n) is 13.1. The molecule has 1 heterocycles. The van der Waals surface area contributed by atoms with Crippen molar-refractivity contribution in [1.82, 2.24) is 10.1 Å². The molecule has 2 aromatic rings. The van der Waals surface area contributed by atoms with Crippen molar-refractivity contribution in [3.05, 3.63) is 41.7 Å². The van der Waals surface area contributed by atoms with Gasteiger partial charge in [-0.1, -0.05) is 17.3 Å². The summed E-state index contributed by atoms with van der Waals surface area (Å²) >= 11 is 0.